The Morgan fingerprint density at radius 1 is 1.44 bits per heavy atom. The Balaban J connectivity index is 2.58. The summed E-state index contributed by atoms with van der Waals surface area (Å²) in [6, 6.07) is 2.07. The van der Waals surface area contributed by atoms with Gasteiger partial charge in [0.15, 0.2) is 0 Å². The number of aryl methyl sites for hydroxylation is 1. The van der Waals surface area contributed by atoms with Crippen LogP contribution in [0.1, 0.15) is 33.3 Å². The monoisotopic (exact) mass is 284 g/mol. The first kappa shape index (κ1) is 13.5. The van der Waals surface area contributed by atoms with Gasteiger partial charge in [-0.15, -0.1) is 0 Å². The van der Waals surface area contributed by atoms with E-state index >= 15 is 0 Å². The minimum atomic E-state index is 0.331. The highest BCUT2D eigenvalue weighted by Gasteiger charge is 2.19. The normalized spacial score (nSPS) is 13.6. The maximum Gasteiger partial charge on any atom is 0.126 e. The summed E-state index contributed by atoms with van der Waals surface area (Å²) in [6.07, 6.45) is 1.85. The molecule has 1 atom stereocenters. The summed E-state index contributed by atoms with van der Waals surface area (Å²) in [5, 5.41) is 3.39. The second kappa shape index (κ2) is 5.17. The highest BCUT2D eigenvalue weighted by molar-refractivity contribution is 9.10. The molecule has 0 bridgehead atoms. The quantitative estimate of drug-likeness (QED) is 0.898. The molecule has 0 radical (unpaired) electrons. The van der Waals surface area contributed by atoms with Gasteiger partial charge in [-0.1, -0.05) is 27.7 Å². The van der Waals surface area contributed by atoms with Gasteiger partial charge in [-0.25, -0.2) is 4.98 Å². The van der Waals surface area contributed by atoms with Gasteiger partial charge >= 0.3 is 0 Å². The van der Waals surface area contributed by atoms with Crippen LogP contribution in [0.3, 0.4) is 0 Å². The SMILES string of the molecule is Cc1cc(NCC(C)C(C)(C)C)ncc1Br. The predicted molar refractivity (Wildman–Crippen MR) is 73.8 cm³/mol. The molecule has 0 spiro atoms. The summed E-state index contributed by atoms with van der Waals surface area (Å²) in [5.74, 6) is 1.56. The first-order valence-electron chi connectivity index (χ1n) is 5.66. The van der Waals surface area contributed by atoms with Crippen molar-refractivity contribution >= 4 is 21.7 Å². The predicted octanol–water partition coefficient (Wildman–Crippen LogP) is 4.25. The van der Waals surface area contributed by atoms with Crippen molar-refractivity contribution in [2.75, 3.05) is 11.9 Å². The standard InChI is InChI=1S/C13H21BrN2/c1-9-6-12(16-8-11(9)14)15-7-10(2)13(3,4)5/h6,8,10H,7H2,1-5H3,(H,15,16). The van der Waals surface area contributed by atoms with Crippen molar-refractivity contribution in [1.29, 1.82) is 0 Å². The highest BCUT2D eigenvalue weighted by atomic mass is 79.9. The molecule has 0 aliphatic carbocycles. The van der Waals surface area contributed by atoms with Gasteiger partial charge in [-0.3, -0.25) is 0 Å². The van der Waals surface area contributed by atoms with E-state index in [2.05, 4.69) is 66.9 Å². The van der Waals surface area contributed by atoms with Gasteiger partial charge in [0, 0.05) is 17.2 Å². The summed E-state index contributed by atoms with van der Waals surface area (Å²) < 4.78 is 1.06. The van der Waals surface area contributed by atoms with E-state index in [1.165, 1.54) is 5.56 Å². The Morgan fingerprint density at radius 2 is 2.06 bits per heavy atom. The van der Waals surface area contributed by atoms with E-state index in [9.17, 15) is 0 Å². The molecule has 1 heterocycles. The molecule has 1 rings (SSSR count). The summed E-state index contributed by atoms with van der Waals surface area (Å²) in [7, 11) is 0. The average Bonchev–Trinajstić information content (AvgIpc) is 2.18. The molecule has 0 aliphatic rings. The lowest BCUT2D eigenvalue weighted by molar-refractivity contribution is 0.274. The third-order valence-corrected chi connectivity index (χ3v) is 3.94. The van der Waals surface area contributed by atoms with Gasteiger partial charge in [0.05, 0.1) is 0 Å². The summed E-state index contributed by atoms with van der Waals surface area (Å²) in [5.41, 5.74) is 1.54. The molecule has 0 saturated heterocycles. The second-order valence-electron chi connectivity index (χ2n) is 5.47. The van der Waals surface area contributed by atoms with E-state index in [0.29, 0.717) is 11.3 Å². The number of anilines is 1. The van der Waals surface area contributed by atoms with Gasteiger partial charge < -0.3 is 5.32 Å². The Hall–Kier alpha value is -0.570. The molecule has 0 saturated carbocycles. The maximum atomic E-state index is 4.34. The molecule has 16 heavy (non-hydrogen) atoms. The fourth-order valence-corrected chi connectivity index (χ4v) is 1.42. The molecule has 0 aliphatic heterocycles. The number of hydrogen-bond acceptors (Lipinski definition) is 2. The topological polar surface area (TPSA) is 24.9 Å². The van der Waals surface area contributed by atoms with Crippen LogP contribution in [0.25, 0.3) is 0 Å². The first-order valence-corrected chi connectivity index (χ1v) is 6.46. The van der Waals surface area contributed by atoms with Crippen LogP contribution in [-0.2, 0) is 0 Å². The lowest BCUT2D eigenvalue weighted by atomic mass is 9.82. The van der Waals surface area contributed by atoms with Gasteiger partial charge in [-0.2, -0.15) is 0 Å². The van der Waals surface area contributed by atoms with E-state index in [0.717, 1.165) is 16.8 Å². The molecule has 2 nitrogen and oxygen atoms in total. The molecule has 1 aromatic rings. The minimum absolute atomic E-state index is 0.331. The van der Waals surface area contributed by atoms with Gasteiger partial charge in [0.1, 0.15) is 5.82 Å². The van der Waals surface area contributed by atoms with Crippen molar-refractivity contribution in [2.24, 2.45) is 11.3 Å². The third kappa shape index (κ3) is 3.78. The highest BCUT2D eigenvalue weighted by Crippen LogP contribution is 2.25. The number of rotatable bonds is 3. The number of pyridine rings is 1. The van der Waals surface area contributed by atoms with E-state index in [1.807, 2.05) is 6.20 Å². The molecule has 0 aromatic carbocycles. The summed E-state index contributed by atoms with van der Waals surface area (Å²) >= 11 is 3.45. The van der Waals surface area contributed by atoms with Crippen molar-refractivity contribution in [3.63, 3.8) is 0 Å². The molecule has 0 fully saturated rings. The van der Waals surface area contributed by atoms with Crippen molar-refractivity contribution < 1.29 is 0 Å². The number of nitrogens with one attached hydrogen (secondary N) is 1. The molecule has 0 amide bonds. The van der Waals surface area contributed by atoms with Crippen LogP contribution in [0.2, 0.25) is 0 Å². The van der Waals surface area contributed by atoms with Crippen LogP contribution < -0.4 is 5.32 Å². The number of aromatic nitrogens is 1. The van der Waals surface area contributed by atoms with Crippen LogP contribution in [0.4, 0.5) is 5.82 Å². The smallest absolute Gasteiger partial charge is 0.126 e. The van der Waals surface area contributed by atoms with Crippen LogP contribution in [0.15, 0.2) is 16.7 Å². The number of halogens is 1. The molecule has 3 heteroatoms. The van der Waals surface area contributed by atoms with Crippen molar-refractivity contribution in [3.8, 4) is 0 Å². The largest absolute Gasteiger partial charge is 0.370 e. The van der Waals surface area contributed by atoms with E-state index in [4.69, 9.17) is 0 Å². The number of hydrogen-bond donors (Lipinski definition) is 1. The van der Waals surface area contributed by atoms with Crippen LogP contribution in [0, 0.1) is 18.3 Å². The zero-order chi connectivity index (χ0) is 12.3. The molecular formula is C13H21BrN2. The van der Waals surface area contributed by atoms with Crippen LogP contribution in [-0.4, -0.2) is 11.5 Å². The first-order chi connectivity index (χ1) is 7.30. The fourth-order valence-electron chi connectivity index (χ4n) is 1.20. The lowest BCUT2D eigenvalue weighted by Crippen LogP contribution is -2.25. The van der Waals surface area contributed by atoms with Gasteiger partial charge in [0.25, 0.3) is 0 Å². The third-order valence-electron chi connectivity index (χ3n) is 3.11. The Kier molecular flexibility index (Phi) is 4.36. The van der Waals surface area contributed by atoms with Crippen molar-refractivity contribution in [3.05, 3.63) is 22.3 Å². The Labute approximate surface area is 107 Å². The molecule has 1 unspecified atom stereocenters. The Bertz CT molecular complexity index is 355. The van der Waals surface area contributed by atoms with E-state index in [1.54, 1.807) is 0 Å². The van der Waals surface area contributed by atoms with Crippen molar-refractivity contribution in [2.45, 2.75) is 34.6 Å². The van der Waals surface area contributed by atoms with Crippen molar-refractivity contribution in [1.82, 2.24) is 4.98 Å². The fraction of sp³-hybridized carbons (Fsp3) is 0.615. The molecule has 1 N–H and O–H groups in total. The second-order valence-corrected chi connectivity index (χ2v) is 6.32. The zero-order valence-corrected chi connectivity index (χ0v) is 12.4. The summed E-state index contributed by atoms with van der Waals surface area (Å²) in [6.45, 7) is 12.1. The zero-order valence-electron chi connectivity index (χ0n) is 10.8. The number of nitrogens with zero attached hydrogens (tertiary/aromatic N) is 1. The summed E-state index contributed by atoms with van der Waals surface area (Å²) in [4.78, 5) is 4.34. The van der Waals surface area contributed by atoms with E-state index in [-0.39, 0.29) is 0 Å². The van der Waals surface area contributed by atoms with Crippen LogP contribution >= 0.6 is 15.9 Å². The lowest BCUT2D eigenvalue weighted by Gasteiger charge is -2.27. The van der Waals surface area contributed by atoms with E-state index < -0.39 is 0 Å². The van der Waals surface area contributed by atoms with Crippen LogP contribution in [0.5, 0.6) is 0 Å². The minimum Gasteiger partial charge on any atom is -0.370 e. The molecule has 90 valence electrons. The maximum absolute atomic E-state index is 4.34. The average molecular weight is 285 g/mol. The molecule has 1 aromatic heterocycles. The molecular weight excluding hydrogens is 264 g/mol. The Morgan fingerprint density at radius 3 is 2.56 bits per heavy atom. The van der Waals surface area contributed by atoms with Gasteiger partial charge in [0.2, 0.25) is 0 Å². The van der Waals surface area contributed by atoms with Gasteiger partial charge in [-0.05, 0) is 45.8 Å².